The number of amides is 4. The number of ether oxygens (including phenoxy) is 14. The van der Waals surface area contributed by atoms with E-state index in [0.29, 0.717) is 213 Å². The number of anilines is 1. The van der Waals surface area contributed by atoms with Gasteiger partial charge in [0.15, 0.2) is 18.3 Å². The lowest BCUT2D eigenvalue weighted by Crippen LogP contribution is -2.46. The first-order valence-electron chi connectivity index (χ1n) is 34.5. The van der Waals surface area contributed by atoms with Crippen molar-refractivity contribution in [3.8, 4) is 0 Å². The number of nitrogens with two attached hydrogens (primary N) is 1. The van der Waals surface area contributed by atoms with E-state index in [-0.39, 0.29) is 65.1 Å². The van der Waals surface area contributed by atoms with Crippen molar-refractivity contribution in [3.05, 3.63) is 54.2 Å². The number of oxime groups is 1. The van der Waals surface area contributed by atoms with Gasteiger partial charge in [0, 0.05) is 52.2 Å². The monoisotopic (exact) mass is 1450 g/mol. The number of Topliss-reactive ketones (excluding diaryl/α,β-unsaturated/α-hetero) is 1. The highest BCUT2D eigenvalue weighted by Crippen LogP contribution is 2.27. The highest BCUT2D eigenvalue weighted by molar-refractivity contribution is 8.02. The van der Waals surface area contributed by atoms with Crippen molar-refractivity contribution >= 4 is 58.6 Å². The van der Waals surface area contributed by atoms with Gasteiger partial charge in [-0.15, -0.1) is 28.6 Å². The van der Waals surface area contributed by atoms with Crippen LogP contribution in [0.2, 0.25) is 0 Å². The van der Waals surface area contributed by atoms with E-state index in [9.17, 15) is 19.2 Å². The summed E-state index contributed by atoms with van der Waals surface area (Å²) >= 11 is 3.48. The summed E-state index contributed by atoms with van der Waals surface area (Å²) in [5, 5.41) is 24.1. The molecule has 0 radical (unpaired) electrons. The summed E-state index contributed by atoms with van der Waals surface area (Å²) in [5.41, 5.74) is 8.38. The predicted molar refractivity (Wildman–Crippen MR) is 385 cm³/mol. The third-order valence-corrected chi connectivity index (χ3v) is 16.2. The topological polar surface area (TPSA) is 324 Å². The Hall–Kier alpha value is -4.77. The molecule has 28 nitrogen and oxygen atoms in total. The van der Waals surface area contributed by atoms with Crippen molar-refractivity contribution in [2.45, 2.75) is 137 Å². The number of benzene rings is 1. The van der Waals surface area contributed by atoms with Crippen molar-refractivity contribution in [1.82, 2.24) is 30.9 Å². The molecular formula is C69H123N9O19S2. The lowest BCUT2D eigenvalue weighted by molar-refractivity contribution is -0.133. The van der Waals surface area contributed by atoms with Crippen LogP contribution in [0.25, 0.3) is 0 Å². The summed E-state index contributed by atoms with van der Waals surface area (Å²) in [6.45, 7) is 40.7. The van der Waals surface area contributed by atoms with Crippen molar-refractivity contribution < 1.29 is 90.3 Å². The molecule has 4 amide bonds. The normalized spacial score (nSPS) is 12.5. The molecule has 0 fully saturated rings. The molecule has 0 aliphatic rings. The van der Waals surface area contributed by atoms with Crippen molar-refractivity contribution in [2.24, 2.45) is 28.1 Å². The van der Waals surface area contributed by atoms with Crippen LogP contribution < -0.4 is 27.0 Å². The summed E-state index contributed by atoms with van der Waals surface area (Å²) in [6.07, 6.45) is 3.35. The molecule has 0 aliphatic carbocycles. The third-order valence-electron chi connectivity index (χ3n) is 13.5. The molecule has 1 aromatic heterocycles. The number of nitrogens with zero attached hydrogens (tertiary/aromatic N) is 4. The van der Waals surface area contributed by atoms with Crippen LogP contribution in [-0.4, -0.2) is 256 Å². The van der Waals surface area contributed by atoms with E-state index in [1.807, 2.05) is 32.2 Å². The van der Waals surface area contributed by atoms with Crippen LogP contribution in [-0.2, 0) is 105 Å². The van der Waals surface area contributed by atoms with Crippen molar-refractivity contribution in [2.75, 3.05) is 202 Å². The van der Waals surface area contributed by atoms with Gasteiger partial charge in [-0.1, -0.05) is 98.7 Å². The van der Waals surface area contributed by atoms with Gasteiger partial charge in [0.1, 0.15) is 12.3 Å². The molecule has 6 N–H and O–H groups in total. The standard InChI is InChI=1S/C69H123N9O19S2/c1-55(2)64(74-63(80)52-97-76-61(53-98-68(7,8)9)54-99-69(10,11)12)62(79)48-58(14-13-20-71-66(70)82)65(81)73-59-17-15-57(16-18-59)51-96-56(3)72-49-60-50-78(77-75-60)21-23-84-25-27-86-29-31-88-33-35-90-37-39-92-41-43-94-45-47-95-46-44-93-42-40-91-38-36-89-34-32-87-30-28-85-26-24-83-22-19-67(4,5)6/h15-18,50,55,58,64,72H,3,13-14,19-49,51-54H2,1-2,4-12H3,(H,73,81)(H,74,80)(H3,70,71,82)/t58-,64+/m1/s1. The number of nitrogens with one attached hydrogen (secondary N) is 4. The van der Waals surface area contributed by atoms with Gasteiger partial charge in [0.2, 0.25) is 5.91 Å². The molecule has 0 saturated heterocycles. The average molecular weight is 1450 g/mol. The Morgan fingerprint density at radius 1 is 0.596 bits per heavy atom. The van der Waals surface area contributed by atoms with E-state index in [1.165, 1.54) is 0 Å². The molecule has 1 aromatic carbocycles. The van der Waals surface area contributed by atoms with Crippen molar-refractivity contribution in [3.63, 3.8) is 0 Å². The molecule has 0 saturated carbocycles. The minimum absolute atomic E-state index is 0.0202. The molecule has 0 bridgehead atoms. The van der Waals surface area contributed by atoms with Gasteiger partial charge < -0.3 is 98.2 Å². The summed E-state index contributed by atoms with van der Waals surface area (Å²) in [7, 11) is 0. The fraction of sp³-hybridized carbons (Fsp3) is 0.783. The van der Waals surface area contributed by atoms with E-state index in [4.69, 9.17) is 76.9 Å². The number of aromatic nitrogens is 3. The summed E-state index contributed by atoms with van der Waals surface area (Å²) in [6, 6.07) is 5.53. The van der Waals surface area contributed by atoms with Crippen LogP contribution in [0.3, 0.4) is 0 Å². The van der Waals surface area contributed by atoms with Gasteiger partial charge in [-0.2, -0.15) is 0 Å². The second kappa shape index (κ2) is 56.7. The van der Waals surface area contributed by atoms with Crippen molar-refractivity contribution in [1.29, 1.82) is 0 Å². The lowest BCUT2D eigenvalue weighted by atomic mass is 9.89. The quantitative estimate of drug-likeness (QED) is 0.0188. The zero-order valence-corrected chi connectivity index (χ0v) is 63.1. The number of carbonyl (C=O) groups excluding carboxylic acids is 4. The highest BCUT2D eigenvalue weighted by atomic mass is 32.2. The molecule has 0 spiro atoms. The molecule has 2 atom stereocenters. The van der Waals surface area contributed by atoms with Gasteiger partial charge >= 0.3 is 6.03 Å². The van der Waals surface area contributed by atoms with Gasteiger partial charge in [-0.25, -0.2) is 9.48 Å². The molecule has 0 aliphatic heterocycles. The maximum absolute atomic E-state index is 13.9. The number of ketones is 1. The first-order chi connectivity index (χ1) is 47.4. The number of hydrogen-bond acceptors (Lipinski definition) is 25. The minimum atomic E-state index is -0.879. The Morgan fingerprint density at radius 3 is 1.42 bits per heavy atom. The first kappa shape index (κ1) is 90.3. The SMILES string of the molecule is C=C(NCc1cn(CCOCCOCCOCCOCCOCCOCCOCCOCCOCCOCCOCCOCCOCCC(C)(C)C)nn1)OCc1ccc(NC(=O)[C@H](CCCNC(N)=O)CC(=O)[C@@H](NC(=O)CON=C(CSC(C)(C)C)CSC(C)(C)C)C(C)C)cc1. The number of thioether (sulfide) groups is 2. The largest absolute Gasteiger partial charge is 0.475 e. The van der Waals surface area contributed by atoms with Crippen LogP contribution in [0.15, 0.2) is 48.1 Å². The summed E-state index contributed by atoms with van der Waals surface area (Å²) in [5.74, 6) is -0.609. The highest BCUT2D eigenvalue weighted by Gasteiger charge is 2.30. The van der Waals surface area contributed by atoms with Crippen LogP contribution in [0.4, 0.5) is 10.5 Å². The Balaban J connectivity index is 1.47. The number of rotatable bonds is 65. The zero-order chi connectivity index (χ0) is 72.7. The number of carbonyl (C=O) groups is 4. The predicted octanol–water partition coefficient (Wildman–Crippen LogP) is 7.25. The summed E-state index contributed by atoms with van der Waals surface area (Å²) < 4.78 is 79.8. The molecule has 30 heteroatoms. The van der Waals surface area contributed by atoms with Crippen LogP contribution >= 0.6 is 23.5 Å². The minimum Gasteiger partial charge on any atom is -0.475 e. The molecular weight excluding hydrogens is 1320 g/mol. The Bertz CT molecular complexity index is 2410. The zero-order valence-electron chi connectivity index (χ0n) is 61.4. The van der Waals surface area contributed by atoms with Gasteiger partial charge in [-0.3, -0.25) is 14.4 Å². The van der Waals surface area contributed by atoms with Gasteiger partial charge in [0.05, 0.1) is 196 Å². The van der Waals surface area contributed by atoms with Crippen LogP contribution in [0.1, 0.15) is 113 Å². The third kappa shape index (κ3) is 55.5. The molecule has 570 valence electrons. The van der Waals surface area contributed by atoms with Gasteiger partial charge in [0.25, 0.3) is 5.91 Å². The Labute approximate surface area is 598 Å². The van der Waals surface area contributed by atoms with E-state index in [1.54, 1.807) is 40.3 Å². The maximum atomic E-state index is 13.9. The molecule has 0 unspecified atom stereocenters. The van der Waals surface area contributed by atoms with E-state index < -0.39 is 23.9 Å². The smallest absolute Gasteiger partial charge is 0.312 e. The Kier molecular flexibility index (Phi) is 51.8. The molecule has 1 heterocycles. The fourth-order valence-corrected chi connectivity index (χ4v) is 9.75. The Morgan fingerprint density at radius 2 is 1.02 bits per heavy atom. The number of primary amides is 1. The number of urea groups is 1. The fourth-order valence-electron chi connectivity index (χ4n) is 8.11. The lowest BCUT2D eigenvalue weighted by Gasteiger charge is -2.24. The van der Waals surface area contributed by atoms with E-state index >= 15 is 0 Å². The maximum Gasteiger partial charge on any atom is 0.312 e. The summed E-state index contributed by atoms with van der Waals surface area (Å²) in [4.78, 5) is 57.7. The molecule has 2 aromatic rings. The number of hydrogen-bond donors (Lipinski definition) is 5. The van der Waals surface area contributed by atoms with Crippen LogP contribution in [0.5, 0.6) is 0 Å². The van der Waals surface area contributed by atoms with Gasteiger partial charge in [-0.05, 0) is 54.9 Å². The first-order valence-corrected chi connectivity index (χ1v) is 36.5. The second-order valence-electron chi connectivity index (χ2n) is 26.3. The molecule has 2 rings (SSSR count). The average Bonchev–Trinajstić information content (AvgIpc) is 1.50. The van der Waals surface area contributed by atoms with E-state index in [0.717, 1.165) is 24.3 Å². The van der Waals surface area contributed by atoms with Crippen LogP contribution in [0, 0.1) is 17.3 Å². The molecule has 99 heavy (non-hydrogen) atoms. The van der Waals surface area contributed by atoms with E-state index in [2.05, 4.69) is 106 Å². The second-order valence-corrected chi connectivity index (χ2v) is 29.9.